The maximum absolute atomic E-state index is 13.5. The number of anilines is 1. The lowest BCUT2D eigenvalue weighted by Gasteiger charge is -2.34. The second-order valence-electron chi connectivity index (χ2n) is 11.7. The largest absolute Gasteiger partial charge is 0.488 e. The minimum absolute atomic E-state index is 0.00825. The number of urea groups is 1. The van der Waals surface area contributed by atoms with Gasteiger partial charge in [-0.2, -0.15) is 0 Å². The van der Waals surface area contributed by atoms with Crippen molar-refractivity contribution < 1.29 is 24.2 Å². The Morgan fingerprint density at radius 1 is 1.07 bits per heavy atom. The standard InChI is InChI=1S/C34H44N4O5/c1-23(2)35-34(41)36-28-13-16-31-27(17-28)18-33(40)38(25(4)22-39)19-24(3)32(43-31)21-37(5)20-26-11-14-30(15-12-26)42-29-9-7-6-8-10-29/h6-17,23-25,32,39H,18-22H2,1-5H3,(H2,35,36,41)/t24-,25-,32+/m1/s1. The maximum atomic E-state index is 13.5. The predicted molar refractivity (Wildman–Crippen MR) is 169 cm³/mol. The molecule has 0 spiro atoms. The first-order chi connectivity index (χ1) is 20.6. The Kier molecular flexibility index (Phi) is 11.0. The predicted octanol–water partition coefficient (Wildman–Crippen LogP) is 5.29. The number of likely N-dealkylation sites (N-methyl/N-ethyl adjacent to an activating group) is 1. The van der Waals surface area contributed by atoms with E-state index in [1.54, 1.807) is 17.0 Å². The Hall–Kier alpha value is -4.08. The van der Waals surface area contributed by atoms with Crippen LogP contribution in [0, 0.1) is 5.92 Å². The van der Waals surface area contributed by atoms with Gasteiger partial charge in [0.05, 0.1) is 19.1 Å². The molecule has 1 aliphatic rings. The van der Waals surface area contributed by atoms with Crippen molar-refractivity contribution in [2.24, 2.45) is 5.92 Å². The average molecular weight is 589 g/mol. The molecule has 3 aromatic rings. The van der Waals surface area contributed by atoms with Gasteiger partial charge in [-0.25, -0.2) is 4.79 Å². The van der Waals surface area contributed by atoms with Gasteiger partial charge in [0.25, 0.3) is 0 Å². The van der Waals surface area contributed by atoms with Crippen LogP contribution in [0.4, 0.5) is 10.5 Å². The molecule has 0 unspecified atom stereocenters. The number of hydrogen-bond acceptors (Lipinski definition) is 6. The van der Waals surface area contributed by atoms with E-state index in [2.05, 4.69) is 41.6 Å². The smallest absolute Gasteiger partial charge is 0.319 e. The summed E-state index contributed by atoms with van der Waals surface area (Å²) in [4.78, 5) is 29.7. The number of para-hydroxylation sites is 1. The van der Waals surface area contributed by atoms with Crippen molar-refractivity contribution in [2.75, 3.05) is 32.1 Å². The molecule has 43 heavy (non-hydrogen) atoms. The van der Waals surface area contributed by atoms with E-state index >= 15 is 0 Å². The third-order valence-electron chi connectivity index (χ3n) is 7.44. The maximum Gasteiger partial charge on any atom is 0.319 e. The van der Waals surface area contributed by atoms with Crippen molar-refractivity contribution in [3.63, 3.8) is 0 Å². The number of benzene rings is 3. The van der Waals surface area contributed by atoms with Crippen LogP contribution in [0.3, 0.4) is 0 Å². The van der Waals surface area contributed by atoms with Gasteiger partial charge in [-0.1, -0.05) is 37.3 Å². The first-order valence-electron chi connectivity index (χ1n) is 14.9. The summed E-state index contributed by atoms with van der Waals surface area (Å²) in [6, 6.07) is 22.5. The molecule has 0 saturated carbocycles. The molecule has 9 heteroatoms. The molecule has 3 N–H and O–H groups in total. The van der Waals surface area contributed by atoms with Crippen LogP contribution in [-0.4, -0.2) is 71.8 Å². The second kappa shape index (κ2) is 14.9. The molecule has 3 aromatic carbocycles. The van der Waals surface area contributed by atoms with Crippen LogP contribution in [0.1, 0.15) is 38.8 Å². The van der Waals surface area contributed by atoms with Gasteiger partial charge < -0.3 is 30.1 Å². The summed E-state index contributed by atoms with van der Waals surface area (Å²) in [5, 5.41) is 15.6. The van der Waals surface area contributed by atoms with Gasteiger partial charge in [-0.3, -0.25) is 9.69 Å². The number of carbonyl (C=O) groups is 2. The highest BCUT2D eigenvalue weighted by molar-refractivity contribution is 5.90. The zero-order valence-corrected chi connectivity index (χ0v) is 25.7. The van der Waals surface area contributed by atoms with Crippen molar-refractivity contribution in [3.05, 3.63) is 83.9 Å². The molecule has 3 atom stereocenters. The summed E-state index contributed by atoms with van der Waals surface area (Å²) in [5.41, 5.74) is 2.41. The normalized spacial score (nSPS) is 17.8. The van der Waals surface area contributed by atoms with Crippen LogP contribution in [0.5, 0.6) is 17.2 Å². The highest BCUT2D eigenvalue weighted by atomic mass is 16.5. The van der Waals surface area contributed by atoms with Crippen LogP contribution in [0.25, 0.3) is 0 Å². The number of amides is 3. The van der Waals surface area contributed by atoms with Crippen molar-refractivity contribution in [3.8, 4) is 17.2 Å². The second-order valence-corrected chi connectivity index (χ2v) is 11.7. The SMILES string of the molecule is CC(C)NC(=O)Nc1ccc2c(c1)CC(=O)N([C@H](C)CO)C[C@@H](C)[C@H](CN(C)Cc1ccc(Oc3ccccc3)cc1)O2. The van der Waals surface area contributed by atoms with Gasteiger partial charge >= 0.3 is 6.03 Å². The number of fused-ring (bicyclic) bond motifs is 1. The van der Waals surface area contributed by atoms with E-state index in [-0.39, 0.29) is 49.1 Å². The van der Waals surface area contributed by atoms with E-state index in [0.717, 1.165) is 17.1 Å². The number of ether oxygens (including phenoxy) is 2. The number of rotatable bonds is 10. The van der Waals surface area contributed by atoms with E-state index in [1.807, 2.05) is 69.3 Å². The third-order valence-corrected chi connectivity index (χ3v) is 7.44. The third kappa shape index (κ3) is 9.20. The van der Waals surface area contributed by atoms with Crippen LogP contribution in [0.2, 0.25) is 0 Å². The fourth-order valence-electron chi connectivity index (χ4n) is 5.13. The monoisotopic (exact) mass is 588 g/mol. The van der Waals surface area contributed by atoms with Crippen LogP contribution < -0.4 is 20.1 Å². The molecule has 0 aromatic heterocycles. The fourth-order valence-corrected chi connectivity index (χ4v) is 5.13. The average Bonchev–Trinajstić information content (AvgIpc) is 3.01. The summed E-state index contributed by atoms with van der Waals surface area (Å²) in [6.07, 6.45) is -0.125. The Bertz CT molecular complexity index is 1350. The van der Waals surface area contributed by atoms with E-state index in [9.17, 15) is 14.7 Å². The lowest BCUT2D eigenvalue weighted by molar-refractivity contribution is -0.134. The quantitative estimate of drug-likeness (QED) is 0.298. The van der Waals surface area contributed by atoms with E-state index in [4.69, 9.17) is 9.47 Å². The van der Waals surface area contributed by atoms with Gasteiger partial charge in [0.1, 0.15) is 23.4 Å². The number of carbonyl (C=O) groups excluding carboxylic acids is 2. The van der Waals surface area contributed by atoms with Gasteiger partial charge in [0, 0.05) is 42.8 Å². The summed E-state index contributed by atoms with van der Waals surface area (Å²) < 4.78 is 12.6. The van der Waals surface area contributed by atoms with Crippen LogP contribution in [0.15, 0.2) is 72.8 Å². The van der Waals surface area contributed by atoms with Gasteiger partial charge in [0.15, 0.2) is 0 Å². The minimum Gasteiger partial charge on any atom is -0.488 e. The molecule has 9 nitrogen and oxygen atoms in total. The van der Waals surface area contributed by atoms with Crippen molar-refractivity contribution in [1.29, 1.82) is 0 Å². The number of aliphatic hydroxyl groups is 1. The topological polar surface area (TPSA) is 103 Å². The highest BCUT2D eigenvalue weighted by Gasteiger charge is 2.31. The molecule has 0 bridgehead atoms. The first-order valence-corrected chi connectivity index (χ1v) is 14.9. The fraction of sp³-hybridized carbons (Fsp3) is 0.412. The highest BCUT2D eigenvalue weighted by Crippen LogP contribution is 2.29. The molecule has 0 fully saturated rings. The Morgan fingerprint density at radius 3 is 2.44 bits per heavy atom. The summed E-state index contributed by atoms with van der Waals surface area (Å²) >= 11 is 0. The van der Waals surface area contributed by atoms with Crippen molar-refractivity contribution >= 4 is 17.6 Å². The van der Waals surface area contributed by atoms with E-state index in [0.29, 0.717) is 36.6 Å². The van der Waals surface area contributed by atoms with Crippen LogP contribution in [-0.2, 0) is 17.8 Å². The Balaban J connectivity index is 1.50. The zero-order chi connectivity index (χ0) is 30.9. The lowest BCUT2D eigenvalue weighted by Crippen LogP contribution is -2.47. The molecule has 1 aliphatic heterocycles. The Morgan fingerprint density at radius 2 is 1.77 bits per heavy atom. The molecule has 230 valence electrons. The molecule has 0 aliphatic carbocycles. The number of hydrogen-bond donors (Lipinski definition) is 3. The van der Waals surface area contributed by atoms with Gasteiger partial charge in [-0.05, 0) is 75.8 Å². The molecular weight excluding hydrogens is 544 g/mol. The van der Waals surface area contributed by atoms with Gasteiger partial charge in [0.2, 0.25) is 5.91 Å². The Labute approximate surface area is 254 Å². The summed E-state index contributed by atoms with van der Waals surface area (Å²) in [6.45, 7) is 9.37. The number of aliphatic hydroxyl groups excluding tert-OH is 1. The molecule has 0 radical (unpaired) electrons. The molecule has 4 rings (SSSR count). The molecular formula is C34H44N4O5. The van der Waals surface area contributed by atoms with Crippen molar-refractivity contribution in [1.82, 2.24) is 15.1 Å². The number of nitrogens with zero attached hydrogens (tertiary/aromatic N) is 2. The zero-order valence-electron chi connectivity index (χ0n) is 25.7. The molecule has 1 heterocycles. The summed E-state index contributed by atoms with van der Waals surface area (Å²) in [7, 11) is 2.05. The van der Waals surface area contributed by atoms with E-state index in [1.165, 1.54) is 0 Å². The van der Waals surface area contributed by atoms with Gasteiger partial charge in [-0.15, -0.1) is 0 Å². The molecule has 0 saturated heterocycles. The number of nitrogens with one attached hydrogen (secondary N) is 2. The molecule has 3 amide bonds. The lowest BCUT2D eigenvalue weighted by atomic mass is 10.0. The minimum atomic E-state index is -0.329. The van der Waals surface area contributed by atoms with Crippen LogP contribution >= 0.6 is 0 Å². The van der Waals surface area contributed by atoms with E-state index < -0.39 is 0 Å². The summed E-state index contributed by atoms with van der Waals surface area (Å²) in [5.74, 6) is 2.09. The van der Waals surface area contributed by atoms with Crippen molar-refractivity contribution in [2.45, 2.75) is 58.8 Å². The first kappa shape index (κ1) is 31.8.